The number of rotatable bonds is 7. The molecule has 0 aliphatic carbocycles. The number of carboxylic acid groups (broad SMARTS) is 1. The van der Waals surface area contributed by atoms with Gasteiger partial charge < -0.3 is 15.7 Å². The van der Waals surface area contributed by atoms with Gasteiger partial charge in [-0.25, -0.2) is 9.59 Å². The Balaban J connectivity index is 1.69. The number of hydrogen-bond donors (Lipinski definition) is 3. The number of carbonyl (C=O) groups is 3. The second kappa shape index (κ2) is 8.61. The maximum absolute atomic E-state index is 12.5. The summed E-state index contributed by atoms with van der Waals surface area (Å²) in [5, 5.41) is 23.0. The topological polar surface area (TPSA) is 125 Å². The Bertz CT molecular complexity index is 773. The molecule has 11 heteroatoms. The summed E-state index contributed by atoms with van der Waals surface area (Å²) in [6.45, 7) is 2.44. The van der Waals surface area contributed by atoms with Crippen LogP contribution in [0.15, 0.2) is 34.6 Å². The van der Waals surface area contributed by atoms with E-state index in [4.69, 9.17) is 0 Å². The number of urea groups is 1. The summed E-state index contributed by atoms with van der Waals surface area (Å²) >= 11 is 2.82. The fourth-order valence-corrected chi connectivity index (χ4v) is 5.07. The van der Waals surface area contributed by atoms with Crippen molar-refractivity contribution < 1.29 is 19.5 Å². The lowest BCUT2D eigenvalue weighted by molar-refractivity contribution is -0.148. The van der Waals surface area contributed by atoms with Crippen molar-refractivity contribution in [2.75, 3.05) is 18.1 Å². The van der Waals surface area contributed by atoms with E-state index >= 15 is 0 Å². The second-order valence-corrected chi connectivity index (χ2v) is 8.00. The number of hydrogen-bond acceptors (Lipinski definition) is 7. The minimum absolute atomic E-state index is 0.00663. The smallest absolute Gasteiger partial charge is 0.352 e. The van der Waals surface area contributed by atoms with E-state index in [1.807, 2.05) is 6.92 Å². The fraction of sp³-hybridized carbons (Fsp3) is 0.438. The van der Waals surface area contributed by atoms with Gasteiger partial charge in [0, 0.05) is 24.2 Å². The molecule has 2 atom stereocenters. The van der Waals surface area contributed by atoms with Gasteiger partial charge in [0.1, 0.15) is 22.1 Å². The molecule has 2 aliphatic rings. The molecular formula is C16H19N5O4S2. The summed E-state index contributed by atoms with van der Waals surface area (Å²) in [6.07, 6.45) is 2.35. The highest BCUT2D eigenvalue weighted by Crippen LogP contribution is 2.41. The minimum atomic E-state index is -1.14. The number of thioether (sulfide) groups is 2. The summed E-state index contributed by atoms with van der Waals surface area (Å²) in [6, 6.07) is 2.42. The molecule has 1 aromatic rings. The van der Waals surface area contributed by atoms with Crippen molar-refractivity contribution in [3.8, 4) is 0 Å². The van der Waals surface area contributed by atoms with Gasteiger partial charge in [0.2, 0.25) is 0 Å². The molecule has 0 aromatic carbocycles. The van der Waals surface area contributed by atoms with Gasteiger partial charge in [-0.15, -0.1) is 28.6 Å². The highest BCUT2D eigenvalue weighted by atomic mass is 32.2. The maximum Gasteiger partial charge on any atom is 0.352 e. The summed E-state index contributed by atoms with van der Waals surface area (Å²) in [5.74, 6) is -0.674. The number of fused-ring (bicyclic) bond motifs is 1. The molecule has 9 nitrogen and oxygen atoms in total. The van der Waals surface area contributed by atoms with Crippen molar-refractivity contribution in [3.05, 3.63) is 29.6 Å². The lowest BCUT2D eigenvalue weighted by atomic mass is 10.0. The van der Waals surface area contributed by atoms with Crippen LogP contribution in [0.3, 0.4) is 0 Å². The summed E-state index contributed by atoms with van der Waals surface area (Å²) in [4.78, 5) is 37.4. The maximum atomic E-state index is 12.5. The van der Waals surface area contributed by atoms with Crippen LogP contribution in [0.1, 0.15) is 13.3 Å². The van der Waals surface area contributed by atoms with Crippen molar-refractivity contribution in [2.45, 2.75) is 29.8 Å². The van der Waals surface area contributed by atoms with Gasteiger partial charge in [-0.2, -0.15) is 5.10 Å². The SMILES string of the molecule is CCCNC(=O)NC1C(=O)N2C(C(=O)O)=C(CSc3cccnn3)CS[C@@H]12. The zero-order valence-corrected chi connectivity index (χ0v) is 16.2. The fourth-order valence-electron chi connectivity index (χ4n) is 2.75. The highest BCUT2D eigenvalue weighted by molar-refractivity contribution is 8.01. The molecule has 0 saturated carbocycles. The number of aromatic nitrogens is 2. The van der Waals surface area contributed by atoms with Crippen LogP contribution in [-0.2, 0) is 9.59 Å². The Morgan fingerprint density at radius 1 is 1.48 bits per heavy atom. The van der Waals surface area contributed by atoms with Crippen molar-refractivity contribution >= 4 is 41.4 Å². The third-order valence-electron chi connectivity index (χ3n) is 4.01. The Kier molecular flexibility index (Phi) is 6.22. The van der Waals surface area contributed by atoms with Crippen molar-refractivity contribution in [2.24, 2.45) is 0 Å². The average molecular weight is 409 g/mol. The molecular weight excluding hydrogens is 390 g/mol. The lowest BCUT2D eigenvalue weighted by Gasteiger charge is -2.49. The van der Waals surface area contributed by atoms with E-state index in [0.717, 1.165) is 6.42 Å². The third kappa shape index (κ3) is 4.19. The first-order valence-corrected chi connectivity index (χ1v) is 10.4. The number of aliphatic carboxylic acids is 1. The number of β-lactam (4-membered cyclic amide) rings is 1. The first kappa shape index (κ1) is 19.5. The molecule has 3 amide bonds. The number of amides is 3. The Morgan fingerprint density at radius 2 is 2.30 bits per heavy atom. The normalized spacial score (nSPS) is 21.4. The predicted octanol–water partition coefficient (Wildman–Crippen LogP) is 0.900. The molecule has 1 saturated heterocycles. The van der Waals surface area contributed by atoms with Crippen molar-refractivity contribution in [3.63, 3.8) is 0 Å². The molecule has 1 unspecified atom stereocenters. The number of carboxylic acids is 1. The molecule has 1 fully saturated rings. The van der Waals surface area contributed by atoms with E-state index in [-0.39, 0.29) is 5.70 Å². The van der Waals surface area contributed by atoms with E-state index in [1.165, 1.54) is 28.4 Å². The number of nitrogens with zero attached hydrogens (tertiary/aromatic N) is 3. The van der Waals surface area contributed by atoms with Crippen molar-refractivity contribution in [1.82, 2.24) is 25.7 Å². The minimum Gasteiger partial charge on any atom is -0.477 e. The summed E-state index contributed by atoms with van der Waals surface area (Å²) in [7, 11) is 0. The Morgan fingerprint density at radius 3 is 2.96 bits per heavy atom. The molecule has 3 rings (SSSR count). The van der Waals surface area contributed by atoms with Crippen LogP contribution in [0.25, 0.3) is 0 Å². The van der Waals surface area contributed by atoms with Gasteiger partial charge in [-0.3, -0.25) is 9.69 Å². The van der Waals surface area contributed by atoms with Crippen LogP contribution in [0.4, 0.5) is 4.79 Å². The van der Waals surface area contributed by atoms with E-state index in [1.54, 1.807) is 18.3 Å². The van der Waals surface area contributed by atoms with Crippen LogP contribution < -0.4 is 10.6 Å². The second-order valence-electron chi connectivity index (χ2n) is 5.90. The zero-order chi connectivity index (χ0) is 19.4. The molecule has 3 N–H and O–H groups in total. The third-order valence-corrected chi connectivity index (χ3v) is 6.36. The van der Waals surface area contributed by atoms with Crippen molar-refractivity contribution in [1.29, 1.82) is 0 Å². The first-order valence-electron chi connectivity index (χ1n) is 8.37. The Hall–Kier alpha value is -2.27. The van der Waals surface area contributed by atoms with E-state index in [9.17, 15) is 19.5 Å². The van der Waals surface area contributed by atoms with Gasteiger partial charge in [0.05, 0.1) is 0 Å². The zero-order valence-electron chi connectivity index (χ0n) is 14.5. The molecule has 1 aromatic heterocycles. The molecule has 2 aliphatic heterocycles. The van der Waals surface area contributed by atoms with Gasteiger partial charge in [-0.05, 0) is 24.1 Å². The average Bonchev–Trinajstić information content (AvgIpc) is 2.68. The van der Waals surface area contributed by atoms with Gasteiger partial charge in [0.25, 0.3) is 5.91 Å². The van der Waals surface area contributed by atoms with E-state index < -0.39 is 29.3 Å². The highest BCUT2D eigenvalue weighted by Gasteiger charge is 2.54. The summed E-state index contributed by atoms with van der Waals surface area (Å²) < 4.78 is 0. The van der Waals surface area contributed by atoms with Gasteiger partial charge >= 0.3 is 12.0 Å². The monoisotopic (exact) mass is 409 g/mol. The van der Waals surface area contributed by atoms with Crippen LogP contribution in [0, 0.1) is 0 Å². The van der Waals surface area contributed by atoms with Crippen LogP contribution in [-0.4, -0.2) is 67.6 Å². The van der Waals surface area contributed by atoms with Crippen LogP contribution in [0.5, 0.6) is 0 Å². The van der Waals surface area contributed by atoms with E-state index in [0.29, 0.717) is 28.6 Å². The molecule has 0 radical (unpaired) electrons. The number of nitrogens with one attached hydrogen (secondary N) is 2. The summed E-state index contributed by atoms with van der Waals surface area (Å²) in [5.41, 5.74) is 0.661. The molecule has 0 bridgehead atoms. The molecule has 144 valence electrons. The molecule has 27 heavy (non-hydrogen) atoms. The Labute approximate surface area is 164 Å². The first-order chi connectivity index (χ1) is 13.0. The van der Waals surface area contributed by atoms with E-state index in [2.05, 4.69) is 20.8 Å². The molecule has 3 heterocycles. The number of carbonyl (C=O) groups excluding carboxylic acids is 2. The van der Waals surface area contributed by atoms with Gasteiger partial charge in [-0.1, -0.05) is 6.92 Å². The van der Waals surface area contributed by atoms with Gasteiger partial charge in [0.15, 0.2) is 0 Å². The van der Waals surface area contributed by atoms with Crippen LogP contribution >= 0.6 is 23.5 Å². The standard InChI is InChI=1S/C16H19N5O4S2/c1-2-5-17-16(25)19-11-13(22)21-12(15(23)24)9(8-27-14(11)21)7-26-10-4-3-6-18-20-10/h3-4,6,11,14H,2,5,7-8H2,1H3,(H,23,24)(H2,17,19,25)/t11?,14-/m0/s1. The quantitative estimate of drug-likeness (QED) is 0.448. The largest absolute Gasteiger partial charge is 0.477 e. The van der Waals surface area contributed by atoms with Crippen LogP contribution in [0.2, 0.25) is 0 Å². The lowest BCUT2D eigenvalue weighted by Crippen LogP contribution is -2.71. The molecule has 0 spiro atoms. The predicted molar refractivity (Wildman–Crippen MR) is 101 cm³/mol.